The van der Waals surface area contributed by atoms with Crippen LogP contribution in [-0.2, 0) is 4.74 Å². The molecule has 3 rings (SSSR count). The minimum atomic E-state index is -0.430. The van der Waals surface area contributed by atoms with Gasteiger partial charge in [-0.15, -0.1) is 0 Å². The van der Waals surface area contributed by atoms with E-state index in [2.05, 4.69) is 12.0 Å². The molecule has 1 aromatic heterocycles. The number of benzene rings is 1. The highest BCUT2D eigenvalue weighted by Gasteiger charge is 2.34. The van der Waals surface area contributed by atoms with Crippen molar-refractivity contribution in [3.63, 3.8) is 0 Å². The molecule has 5 nitrogen and oxygen atoms in total. The Bertz CT molecular complexity index is 636. The van der Waals surface area contributed by atoms with Gasteiger partial charge in [0.2, 0.25) is 5.69 Å². The summed E-state index contributed by atoms with van der Waals surface area (Å²) in [5.41, 5.74) is 1.08. The number of para-hydroxylation sites is 1. The summed E-state index contributed by atoms with van der Waals surface area (Å²) in [5.74, 6) is 1.14. The summed E-state index contributed by atoms with van der Waals surface area (Å²) in [6.07, 6.45) is 2.81. The van der Waals surface area contributed by atoms with Gasteiger partial charge in [-0.25, -0.2) is 9.48 Å². The molecule has 0 radical (unpaired) electrons. The third kappa shape index (κ3) is 2.91. The maximum absolute atomic E-state index is 12.1. The van der Waals surface area contributed by atoms with Crippen LogP contribution in [0.1, 0.15) is 23.8 Å². The molecule has 1 heterocycles. The highest BCUT2D eigenvalue weighted by molar-refractivity contribution is 5.90. The fraction of sp³-hybridized carbons (Fsp3) is 0.375. The second-order valence-electron chi connectivity index (χ2n) is 5.40. The van der Waals surface area contributed by atoms with Gasteiger partial charge in [0.05, 0.1) is 25.6 Å². The Morgan fingerprint density at radius 2 is 2.10 bits per heavy atom. The number of ether oxygens (including phenoxy) is 2. The molecule has 1 aromatic carbocycles. The second-order valence-corrected chi connectivity index (χ2v) is 5.40. The standard InChI is InChI=1S/C16H18N2O3/c1-11-8-12(11)10-21-16(19)15-14(20-2)9-18(17-15)13-6-4-3-5-7-13/h3-7,9,11-12H,8,10H2,1-2H3. The van der Waals surface area contributed by atoms with Crippen LogP contribution in [0.5, 0.6) is 5.75 Å². The van der Waals surface area contributed by atoms with Crippen molar-refractivity contribution in [2.24, 2.45) is 11.8 Å². The highest BCUT2D eigenvalue weighted by atomic mass is 16.5. The zero-order chi connectivity index (χ0) is 14.8. The van der Waals surface area contributed by atoms with Gasteiger partial charge in [-0.1, -0.05) is 25.1 Å². The van der Waals surface area contributed by atoms with E-state index in [9.17, 15) is 4.79 Å². The van der Waals surface area contributed by atoms with Crippen LogP contribution in [0, 0.1) is 11.8 Å². The minimum absolute atomic E-state index is 0.217. The zero-order valence-corrected chi connectivity index (χ0v) is 12.2. The van der Waals surface area contributed by atoms with Gasteiger partial charge in [0.1, 0.15) is 0 Å². The summed E-state index contributed by atoms with van der Waals surface area (Å²) in [7, 11) is 1.52. The van der Waals surface area contributed by atoms with Crippen molar-refractivity contribution in [2.45, 2.75) is 13.3 Å². The van der Waals surface area contributed by atoms with Crippen LogP contribution in [0.25, 0.3) is 5.69 Å². The topological polar surface area (TPSA) is 53.4 Å². The van der Waals surface area contributed by atoms with E-state index >= 15 is 0 Å². The molecular formula is C16H18N2O3. The molecule has 5 heteroatoms. The predicted octanol–water partition coefficient (Wildman–Crippen LogP) is 2.69. The Kier molecular flexibility index (Phi) is 3.64. The van der Waals surface area contributed by atoms with Gasteiger partial charge < -0.3 is 9.47 Å². The molecule has 0 amide bonds. The monoisotopic (exact) mass is 286 g/mol. The van der Waals surface area contributed by atoms with E-state index in [0.717, 1.165) is 12.1 Å². The molecular weight excluding hydrogens is 268 g/mol. The van der Waals surface area contributed by atoms with Gasteiger partial charge in [0.25, 0.3) is 0 Å². The molecule has 0 spiro atoms. The fourth-order valence-electron chi connectivity index (χ4n) is 2.24. The van der Waals surface area contributed by atoms with E-state index < -0.39 is 5.97 Å². The van der Waals surface area contributed by atoms with Gasteiger partial charge in [-0.05, 0) is 30.4 Å². The number of carbonyl (C=O) groups is 1. The zero-order valence-electron chi connectivity index (χ0n) is 12.2. The number of nitrogens with zero attached hydrogens (tertiary/aromatic N) is 2. The molecule has 0 bridgehead atoms. The van der Waals surface area contributed by atoms with E-state index in [4.69, 9.17) is 9.47 Å². The van der Waals surface area contributed by atoms with Crippen molar-refractivity contribution in [2.75, 3.05) is 13.7 Å². The molecule has 2 aromatic rings. The average Bonchev–Trinajstić information content (AvgIpc) is 3.05. The molecule has 110 valence electrons. The lowest BCUT2D eigenvalue weighted by Gasteiger charge is -2.03. The van der Waals surface area contributed by atoms with Crippen molar-refractivity contribution in [1.29, 1.82) is 0 Å². The summed E-state index contributed by atoms with van der Waals surface area (Å²) in [4.78, 5) is 12.1. The number of aromatic nitrogens is 2. The van der Waals surface area contributed by atoms with Crippen molar-refractivity contribution in [3.05, 3.63) is 42.2 Å². The van der Waals surface area contributed by atoms with Gasteiger partial charge in [-0.2, -0.15) is 5.10 Å². The Labute approximate surface area is 123 Å². The van der Waals surface area contributed by atoms with Crippen molar-refractivity contribution < 1.29 is 14.3 Å². The Morgan fingerprint density at radius 3 is 2.71 bits per heavy atom. The summed E-state index contributed by atoms with van der Waals surface area (Å²) >= 11 is 0. The first-order valence-corrected chi connectivity index (χ1v) is 7.05. The van der Waals surface area contributed by atoms with E-state index in [1.54, 1.807) is 10.9 Å². The molecule has 1 saturated carbocycles. The fourth-order valence-corrected chi connectivity index (χ4v) is 2.24. The molecule has 2 atom stereocenters. The summed E-state index contributed by atoms with van der Waals surface area (Å²) in [6, 6.07) is 9.57. The average molecular weight is 286 g/mol. The normalized spacial score (nSPS) is 20.1. The van der Waals surface area contributed by atoms with Crippen molar-refractivity contribution >= 4 is 5.97 Å². The van der Waals surface area contributed by atoms with E-state index in [1.165, 1.54) is 7.11 Å². The third-order valence-electron chi connectivity index (χ3n) is 3.82. The molecule has 2 unspecified atom stereocenters. The Balaban J connectivity index is 1.77. The molecule has 1 aliphatic rings. The van der Waals surface area contributed by atoms with E-state index in [1.807, 2.05) is 30.3 Å². The Morgan fingerprint density at radius 1 is 1.38 bits per heavy atom. The maximum Gasteiger partial charge on any atom is 0.362 e. The smallest absolute Gasteiger partial charge is 0.362 e. The summed E-state index contributed by atoms with van der Waals surface area (Å²) in [5, 5.41) is 4.29. The molecule has 0 saturated heterocycles. The number of methoxy groups -OCH3 is 1. The van der Waals surface area contributed by atoms with E-state index in [-0.39, 0.29) is 5.69 Å². The van der Waals surface area contributed by atoms with Crippen molar-refractivity contribution in [3.8, 4) is 11.4 Å². The molecule has 0 aliphatic heterocycles. The highest BCUT2D eigenvalue weighted by Crippen LogP contribution is 2.37. The number of hydrogen-bond acceptors (Lipinski definition) is 4. The van der Waals surface area contributed by atoms with Gasteiger partial charge in [-0.3, -0.25) is 0 Å². The van der Waals surface area contributed by atoms with Crippen LogP contribution in [0.4, 0.5) is 0 Å². The maximum atomic E-state index is 12.1. The first-order valence-electron chi connectivity index (χ1n) is 7.05. The SMILES string of the molecule is COc1cn(-c2ccccc2)nc1C(=O)OCC1CC1C. The summed E-state index contributed by atoms with van der Waals surface area (Å²) < 4.78 is 12.2. The largest absolute Gasteiger partial charge is 0.493 e. The molecule has 1 aliphatic carbocycles. The summed E-state index contributed by atoms with van der Waals surface area (Å²) in [6.45, 7) is 2.62. The van der Waals surface area contributed by atoms with Crippen LogP contribution in [-0.4, -0.2) is 29.5 Å². The van der Waals surface area contributed by atoms with Crippen LogP contribution in [0.2, 0.25) is 0 Å². The van der Waals surface area contributed by atoms with Crippen LogP contribution >= 0.6 is 0 Å². The number of esters is 1. The van der Waals surface area contributed by atoms with Crippen LogP contribution in [0.3, 0.4) is 0 Å². The lowest BCUT2D eigenvalue weighted by Crippen LogP contribution is -2.10. The number of carbonyl (C=O) groups excluding carboxylic acids is 1. The minimum Gasteiger partial charge on any atom is -0.493 e. The predicted molar refractivity (Wildman–Crippen MR) is 77.7 cm³/mol. The number of rotatable bonds is 5. The lowest BCUT2D eigenvalue weighted by atomic mass is 10.3. The van der Waals surface area contributed by atoms with Crippen LogP contribution in [0.15, 0.2) is 36.5 Å². The molecule has 1 fully saturated rings. The third-order valence-corrected chi connectivity index (χ3v) is 3.82. The lowest BCUT2D eigenvalue weighted by molar-refractivity contribution is 0.0470. The van der Waals surface area contributed by atoms with Gasteiger partial charge in [0, 0.05) is 0 Å². The van der Waals surface area contributed by atoms with Gasteiger partial charge in [0.15, 0.2) is 5.75 Å². The quantitative estimate of drug-likeness (QED) is 0.793. The number of hydrogen-bond donors (Lipinski definition) is 0. The van der Waals surface area contributed by atoms with E-state index in [0.29, 0.717) is 24.2 Å². The first kappa shape index (κ1) is 13.7. The molecule has 0 N–H and O–H groups in total. The van der Waals surface area contributed by atoms with Crippen molar-refractivity contribution in [1.82, 2.24) is 9.78 Å². The van der Waals surface area contributed by atoms with Crippen LogP contribution < -0.4 is 4.74 Å². The first-order chi connectivity index (χ1) is 10.2. The second kappa shape index (κ2) is 5.60. The molecule has 21 heavy (non-hydrogen) atoms. The van der Waals surface area contributed by atoms with Gasteiger partial charge >= 0.3 is 5.97 Å². The Hall–Kier alpha value is -2.30.